The van der Waals surface area contributed by atoms with E-state index >= 15 is 0 Å². The van der Waals surface area contributed by atoms with Crippen LogP contribution in [0.5, 0.6) is 0 Å². The SMILES string of the molecule is CC1CC2OC3C(CC2OC2CC4COC5CC=CC(C)C6OC7C=CC8OC9C(CC8OC7CC=CC6OC5CC4(O)OC2C1)OC1CC(O)C(O)COC1C9O)OC1C(C)C(C)C2(CCCO2)OC1C(O)C3C. The molecule has 1 spiro atoms. The van der Waals surface area contributed by atoms with Crippen molar-refractivity contribution in [1.82, 2.24) is 0 Å². The molecule has 0 aromatic carbocycles. The van der Waals surface area contributed by atoms with E-state index in [1.54, 1.807) is 0 Å². The lowest BCUT2D eigenvalue weighted by atomic mass is 9.76. The molecule has 75 heavy (non-hydrogen) atoms. The van der Waals surface area contributed by atoms with E-state index in [9.17, 15) is 25.5 Å². The number of hydrogen-bond donors (Lipinski definition) is 5. The first-order valence-electron chi connectivity index (χ1n) is 29.0. The lowest BCUT2D eigenvalue weighted by molar-refractivity contribution is -0.342. The number of aliphatic hydroxyl groups excluding tert-OH is 4. The van der Waals surface area contributed by atoms with Gasteiger partial charge in [-0.2, -0.15) is 0 Å². The molecule has 10 fully saturated rings. The zero-order chi connectivity index (χ0) is 51.7. The molecule has 0 radical (unpaired) electrons. The predicted molar refractivity (Wildman–Crippen MR) is 264 cm³/mol. The van der Waals surface area contributed by atoms with Gasteiger partial charge in [-0.1, -0.05) is 71.1 Å². The lowest BCUT2D eigenvalue weighted by Crippen LogP contribution is -2.63. The molecule has 32 unspecified atom stereocenters. The van der Waals surface area contributed by atoms with Gasteiger partial charge < -0.3 is 87.1 Å². The van der Waals surface area contributed by atoms with E-state index < -0.39 is 97.0 Å². The maximum absolute atomic E-state index is 12.9. The number of hydrogen-bond acceptors (Lipinski definition) is 18. The molecule has 0 bridgehead atoms. The first-order chi connectivity index (χ1) is 36.1. The summed E-state index contributed by atoms with van der Waals surface area (Å²) in [6.45, 7) is 11.7. The summed E-state index contributed by atoms with van der Waals surface area (Å²) >= 11 is 0. The van der Waals surface area contributed by atoms with Crippen LogP contribution in [-0.4, -0.2) is 203 Å². The molecular formula is C57H84O18. The van der Waals surface area contributed by atoms with Crippen LogP contribution in [0.2, 0.25) is 0 Å². The van der Waals surface area contributed by atoms with Gasteiger partial charge in [-0.3, -0.25) is 0 Å². The largest absolute Gasteiger partial charge is 0.390 e. The van der Waals surface area contributed by atoms with Crippen molar-refractivity contribution in [1.29, 1.82) is 0 Å². The third kappa shape index (κ3) is 9.62. The van der Waals surface area contributed by atoms with E-state index in [1.165, 1.54) is 0 Å². The molecule has 0 aromatic heterocycles. The summed E-state index contributed by atoms with van der Waals surface area (Å²) in [6, 6.07) is 0. The molecule has 0 aromatic rings. The Labute approximate surface area is 440 Å². The Morgan fingerprint density at radius 3 is 1.97 bits per heavy atom. The van der Waals surface area contributed by atoms with Gasteiger partial charge in [0.1, 0.15) is 48.8 Å². The Morgan fingerprint density at radius 1 is 0.467 bits per heavy atom. The van der Waals surface area contributed by atoms with Crippen molar-refractivity contribution in [3.63, 3.8) is 0 Å². The second-order valence-corrected chi connectivity index (χ2v) is 25.3. The van der Waals surface area contributed by atoms with E-state index in [2.05, 4.69) is 58.9 Å². The quantitative estimate of drug-likeness (QED) is 0.220. The topological polar surface area (TPSA) is 221 Å². The highest BCUT2D eigenvalue weighted by Crippen LogP contribution is 2.52. The average molecular weight is 1060 g/mol. The first-order valence-corrected chi connectivity index (χ1v) is 29.0. The van der Waals surface area contributed by atoms with Crippen LogP contribution < -0.4 is 0 Å². The van der Waals surface area contributed by atoms with Crippen LogP contribution in [0.3, 0.4) is 0 Å². The Morgan fingerprint density at radius 2 is 1.15 bits per heavy atom. The minimum atomic E-state index is -1.53. The molecule has 18 nitrogen and oxygen atoms in total. The van der Waals surface area contributed by atoms with Crippen LogP contribution in [0.1, 0.15) is 105 Å². The molecule has 5 N–H and O–H groups in total. The molecule has 13 rings (SSSR count). The smallest absolute Gasteiger partial charge is 0.173 e. The molecule has 0 aliphatic carbocycles. The van der Waals surface area contributed by atoms with Crippen molar-refractivity contribution in [3.05, 3.63) is 36.5 Å². The fourth-order valence-corrected chi connectivity index (χ4v) is 15.9. The summed E-state index contributed by atoms with van der Waals surface area (Å²) in [5.74, 6) is -2.50. The van der Waals surface area contributed by atoms with Gasteiger partial charge in [0, 0.05) is 55.8 Å². The molecule has 13 aliphatic heterocycles. The molecule has 32 atom stereocenters. The molecule has 0 saturated carbocycles. The second kappa shape index (κ2) is 20.8. The van der Waals surface area contributed by atoms with Crippen LogP contribution in [0.4, 0.5) is 0 Å². The van der Waals surface area contributed by atoms with Gasteiger partial charge in [0.25, 0.3) is 0 Å². The molecule has 13 aliphatic rings. The van der Waals surface area contributed by atoms with Crippen LogP contribution in [0.25, 0.3) is 0 Å². The molecule has 13 heterocycles. The third-order valence-electron chi connectivity index (χ3n) is 20.4. The van der Waals surface area contributed by atoms with Crippen molar-refractivity contribution in [2.75, 3.05) is 19.8 Å². The number of ether oxygens (including phenoxy) is 13. The van der Waals surface area contributed by atoms with Gasteiger partial charge in [0.2, 0.25) is 0 Å². The van der Waals surface area contributed by atoms with Gasteiger partial charge in [-0.15, -0.1) is 0 Å². The van der Waals surface area contributed by atoms with Crippen molar-refractivity contribution in [2.24, 2.45) is 35.5 Å². The summed E-state index contributed by atoms with van der Waals surface area (Å²) in [5.41, 5.74) is 0. The van der Waals surface area contributed by atoms with Crippen LogP contribution in [0.15, 0.2) is 36.5 Å². The fraction of sp³-hybridized carbons (Fsp3) is 0.895. The first kappa shape index (κ1) is 52.8. The Balaban J connectivity index is 0.691. The highest BCUT2D eigenvalue weighted by molar-refractivity contribution is 5.14. The fourth-order valence-electron chi connectivity index (χ4n) is 15.9. The van der Waals surface area contributed by atoms with Crippen molar-refractivity contribution < 1.29 is 87.1 Å². The molecule has 10 saturated heterocycles. The number of rotatable bonds is 0. The van der Waals surface area contributed by atoms with Crippen LogP contribution >= 0.6 is 0 Å². The number of aliphatic hydroxyl groups is 5. The molecule has 420 valence electrons. The van der Waals surface area contributed by atoms with Crippen molar-refractivity contribution in [2.45, 2.75) is 263 Å². The maximum Gasteiger partial charge on any atom is 0.173 e. The van der Waals surface area contributed by atoms with E-state index in [4.69, 9.17) is 61.6 Å². The van der Waals surface area contributed by atoms with E-state index in [-0.39, 0.29) is 123 Å². The summed E-state index contributed by atoms with van der Waals surface area (Å²) in [6.07, 6.45) is 6.48. The van der Waals surface area contributed by atoms with E-state index in [1.807, 2.05) is 12.2 Å². The van der Waals surface area contributed by atoms with Gasteiger partial charge in [0.15, 0.2) is 11.6 Å². The standard InChI is InChI=1S/C57H84O18/c1-26-17-39-42(22-45-51(72-39)29(4)48(60)55-52(73-45)28(3)30(5)57(75-55)15-8-16-65-57)68-40-19-31-24-63-34-10-6-9-27(2)50-38(67-47(34)23-56(31,62)74-43(40)18-26)12-7-11-35-36(70-50)13-14-37-41(66-35)21-46-54(71-37)49(61)53-44(69-46)20-32(58)33(59)25-64-53/h6-7,9,12-14,26-55,58-62H,8,10-11,15-25H2,1-5H3. The van der Waals surface area contributed by atoms with E-state index in [0.717, 1.165) is 19.3 Å². The Kier molecular flexibility index (Phi) is 14.7. The van der Waals surface area contributed by atoms with Gasteiger partial charge in [-0.05, 0) is 50.4 Å². The van der Waals surface area contributed by atoms with Crippen LogP contribution in [0, 0.1) is 35.5 Å². The average Bonchev–Trinajstić information content (AvgIpc) is 3.63. The van der Waals surface area contributed by atoms with Crippen LogP contribution in [-0.2, 0) is 61.6 Å². The minimum Gasteiger partial charge on any atom is -0.390 e. The third-order valence-corrected chi connectivity index (χ3v) is 20.4. The summed E-state index contributed by atoms with van der Waals surface area (Å²) in [7, 11) is 0. The van der Waals surface area contributed by atoms with Gasteiger partial charge in [0.05, 0.1) is 117 Å². The predicted octanol–water partition coefficient (Wildman–Crippen LogP) is 3.34. The normalized spacial score (nSPS) is 58.6. The Bertz CT molecular complexity index is 2100. The van der Waals surface area contributed by atoms with Crippen molar-refractivity contribution in [3.8, 4) is 0 Å². The summed E-state index contributed by atoms with van der Waals surface area (Å²) in [4.78, 5) is 0. The maximum atomic E-state index is 12.9. The van der Waals surface area contributed by atoms with Gasteiger partial charge >= 0.3 is 0 Å². The number of fused-ring (bicyclic) bond motifs is 11. The van der Waals surface area contributed by atoms with Crippen molar-refractivity contribution >= 4 is 0 Å². The lowest BCUT2D eigenvalue weighted by Gasteiger charge is -2.52. The zero-order valence-corrected chi connectivity index (χ0v) is 44.2. The van der Waals surface area contributed by atoms with Gasteiger partial charge in [-0.25, -0.2) is 0 Å². The Hall–Kier alpha value is -1.50. The summed E-state index contributed by atoms with van der Waals surface area (Å²) < 4.78 is 88.2. The molecular weight excluding hydrogens is 973 g/mol. The molecule has 0 amide bonds. The zero-order valence-electron chi connectivity index (χ0n) is 44.2. The van der Waals surface area contributed by atoms with E-state index in [0.29, 0.717) is 45.1 Å². The second-order valence-electron chi connectivity index (χ2n) is 25.3. The summed E-state index contributed by atoms with van der Waals surface area (Å²) in [5, 5.41) is 57.2. The molecule has 18 heteroatoms. The monoisotopic (exact) mass is 1060 g/mol. The highest BCUT2D eigenvalue weighted by Gasteiger charge is 2.62. The minimum absolute atomic E-state index is 0.0534. The highest BCUT2D eigenvalue weighted by atomic mass is 16.7.